The van der Waals surface area contributed by atoms with Gasteiger partial charge in [0.1, 0.15) is 12.4 Å². The molecule has 100 valence electrons. The van der Waals surface area contributed by atoms with Crippen LogP contribution in [0.1, 0.15) is 4.88 Å². The van der Waals surface area contributed by atoms with Crippen molar-refractivity contribution in [3.63, 3.8) is 0 Å². The highest BCUT2D eigenvalue weighted by Gasteiger charge is 2.14. The van der Waals surface area contributed by atoms with Gasteiger partial charge in [-0.1, -0.05) is 17.7 Å². The van der Waals surface area contributed by atoms with Crippen LogP contribution >= 0.6 is 22.9 Å². The molecule has 0 aliphatic heterocycles. The maximum Gasteiger partial charge on any atom is 0.325 e. The number of methoxy groups -OCH3 is 1. The van der Waals surface area contributed by atoms with Gasteiger partial charge in [0.05, 0.1) is 13.7 Å². The Morgan fingerprint density at radius 1 is 1.47 bits per heavy atom. The molecule has 5 nitrogen and oxygen atoms in total. The molecule has 0 atom stereocenters. The minimum atomic E-state index is -0.318. The zero-order valence-electron chi connectivity index (χ0n) is 10.2. The number of thiazole rings is 1. The second-order valence-corrected chi connectivity index (χ2v) is 5.40. The molecule has 0 bridgehead atoms. The van der Waals surface area contributed by atoms with Crippen LogP contribution in [-0.4, -0.2) is 29.6 Å². The van der Waals surface area contributed by atoms with E-state index in [0.717, 1.165) is 4.88 Å². The molecule has 2 heterocycles. The van der Waals surface area contributed by atoms with Gasteiger partial charge in [0, 0.05) is 17.3 Å². The SMILES string of the molecule is COC(=O)CN(Cc1cnc(Cl)s1)c1ccccn1. The van der Waals surface area contributed by atoms with Gasteiger partial charge in [-0.15, -0.1) is 11.3 Å². The maximum atomic E-state index is 11.5. The summed E-state index contributed by atoms with van der Waals surface area (Å²) >= 11 is 7.18. The van der Waals surface area contributed by atoms with E-state index in [2.05, 4.69) is 9.97 Å². The molecule has 2 aromatic rings. The second kappa shape index (κ2) is 6.49. The predicted octanol–water partition coefficient (Wildman–Crippen LogP) is 2.37. The van der Waals surface area contributed by atoms with Crippen LogP contribution in [-0.2, 0) is 16.1 Å². The summed E-state index contributed by atoms with van der Waals surface area (Å²) in [5.41, 5.74) is 0. The lowest BCUT2D eigenvalue weighted by molar-refractivity contribution is -0.139. The Hall–Kier alpha value is -1.66. The highest BCUT2D eigenvalue weighted by Crippen LogP contribution is 2.21. The van der Waals surface area contributed by atoms with Crippen LogP contribution in [0.5, 0.6) is 0 Å². The van der Waals surface area contributed by atoms with Gasteiger partial charge < -0.3 is 9.64 Å². The van der Waals surface area contributed by atoms with E-state index in [1.807, 2.05) is 23.1 Å². The molecule has 0 spiro atoms. The van der Waals surface area contributed by atoms with Crippen molar-refractivity contribution in [2.45, 2.75) is 6.54 Å². The minimum absolute atomic E-state index is 0.128. The van der Waals surface area contributed by atoms with Crippen LogP contribution in [0, 0.1) is 0 Å². The summed E-state index contributed by atoms with van der Waals surface area (Å²) in [5.74, 6) is 0.388. The lowest BCUT2D eigenvalue weighted by Gasteiger charge is -2.21. The quantitative estimate of drug-likeness (QED) is 0.793. The van der Waals surface area contributed by atoms with Crippen LogP contribution in [0.3, 0.4) is 0 Å². The smallest absolute Gasteiger partial charge is 0.325 e. The van der Waals surface area contributed by atoms with E-state index in [9.17, 15) is 4.79 Å². The molecule has 7 heteroatoms. The van der Waals surface area contributed by atoms with E-state index in [0.29, 0.717) is 16.8 Å². The number of ether oxygens (including phenoxy) is 1. The maximum absolute atomic E-state index is 11.5. The zero-order chi connectivity index (χ0) is 13.7. The molecule has 0 aromatic carbocycles. The van der Waals surface area contributed by atoms with E-state index >= 15 is 0 Å². The van der Waals surface area contributed by atoms with E-state index < -0.39 is 0 Å². The van der Waals surface area contributed by atoms with E-state index in [4.69, 9.17) is 16.3 Å². The molecule has 0 unspecified atom stereocenters. The van der Waals surface area contributed by atoms with Gasteiger partial charge in [0.25, 0.3) is 0 Å². The molecule has 0 saturated heterocycles. The fraction of sp³-hybridized carbons (Fsp3) is 0.250. The topological polar surface area (TPSA) is 55.3 Å². The van der Waals surface area contributed by atoms with Crippen molar-refractivity contribution in [2.75, 3.05) is 18.6 Å². The normalized spacial score (nSPS) is 10.2. The molecule has 0 saturated carbocycles. The van der Waals surface area contributed by atoms with Gasteiger partial charge in [-0.2, -0.15) is 0 Å². The standard InChI is InChI=1S/C12H12ClN3O2S/c1-18-11(17)8-16(10-4-2-3-5-14-10)7-9-6-15-12(13)19-9/h2-6H,7-8H2,1H3. The first-order valence-corrected chi connectivity index (χ1v) is 6.71. The molecule has 0 radical (unpaired) electrons. The number of hydrogen-bond donors (Lipinski definition) is 0. The zero-order valence-corrected chi connectivity index (χ0v) is 11.8. The number of esters is 1. The van der Waals surface area contributed by atoms with E-state index in [1.165, 1.54) is 18.4 Å². The van der Waals surface area contributed by atoms with Crippen molar-refractivity contribution in [3.8, 4) is 0 Å². The fourth-order valence-electron chi connectivity index (χ4n) is 1.52. The van der Waals surface area contributed by atoms with Crippen LogP contribution in [0.4, 0.5) is 5.82 Å². The summed E-state index contributed by atoms with van der Waals surface area (Å²) in [5, 5.41) is 0. The van der Waals surface area contributed by atoms with Crippen LogP contribution in [0.2, 0.25) is 4.47 Å². The summed E-state index contributed by atoms with van der Waals surface area (Å²) in [7, 11) is 1.36. The Morgan fingerprint density at radius 3 is 2.89 bits per heavy atom. The molecular weight excluding hydrogens is 286 g/mol. The number of carbonyl (C=O) groups is 1. The Morgan fingerprint density at radius 2 is 2.32 bits per heavy atom. The van der Waals surface area contributed by atoms with Crippen molar-refractivity contribution in [1.82, 2.24) is 9.97 Å². The third-order valence-electron chi connectivity index (χ3n) is 2.39. The monoisotopic (exact) mass is 297 g/mol. The predicted molar refractivity (Wildman–Crippen MR) is 74.4 cm³/mol. The fourth-order valence-corrected chi connectivity index (χ4v) is 2.52. The van der Waals surface area contributed by atoms with Crippen LogP contribution < -0.4 is 4.90 Å². The van der Waals surface area contributed by atoms with Gasteiger partial charge in [-0.05, 0) is 12.1 Å². The summed E-state index contributed by atoms with van der Waals surface area (Å²) in [6.07, 6.45) is 3.37. The summed E-state index contributed by atoms with van der Waals surface area (Å²) in [4.78, 5) is 22.5. The van der Waals surface area contributed by atoms with Gasteiger partial charge in [-0.3, -0.25) is 4.79 Å². The van der Waals surface area contributed by atoms with Gasteiger partial charge in [0.15, 0.2) is 4.47 Å². The van der Waals surface area contributed by atoms with Gasteiger partial charge in [-0.25, -0.2) is 9.97 Å². The van der Waals surface area contributed by atoms with E-state index in [1.54, 1.807) is 12.4 Å². The Bertz CT molecular complexity index is 547. The Kier molecular flexibility index (Phi) is 4.70. The molecule has 0 fully saturated rings. The molecule has 2 rings (SSSR count). The summed E-state index contributed by atoms with van der Waals surface area (Å²) < 4.78 is 5.18. The molecule has 2 aromatic heterocycles. The van der Waals surface area contributed by atoms with Gasteiger partial charge >= 0.3 is 5.97 Å². The van der Waals surface area contributed by atoms with Crippen molar-refractivity contribution in [2.24, 2.45) is 0 Å². The number of hydrogen-bond acceptors (Lipinski definition) is 6. The van der Waals surface area contributed by atoms with Crippen LogP contribution in [0.25, 0.3) is 0 Å². The number of anilines is 1. The average Bonchev–Trinajstić information content (AvgIpc) is 2.84. The summed E-state index contributed by atoms with van der Waals surface area (Å²) in [6, 6.07) is 5.53. The second-order valence-electron chi connectivity index (χ2n) is 3.70. The van der Waals surface area contributed by atoms with Gasteiger partial charge in [0.2, 0.25) is 0 Å². The molecule has 0 N–H and O–H groups in total. The largest absolute Gasteiger partial charge is 0.468 e. The van der Waals surface area contributed by atoms with Crippen molar-refractivity contribution >= 4 is 34.7 Å². The highest BCUT2D eigenvalue weighted by molar-refractivity contribution is 7.15. The first-order chi connectivity index (χ1) is 9.19. The van der Waals surface area contributed by atoms with Crippen LogP contribution in [0.15, 0.2) is 30.6 Å². The van der Waals surface area contributed by atoms with Crippen molar-refractivity contribution in [3.05, 3.63) is 39.9 Å². The number of pyridine rings is 1. The molecule has 0 aliphatic rings. The third-order valence-corrected chi connectivity index (χ3v) is 3.49. The molecule has 0 aliphatic carbocycles. The number of aromatic nitrogens is 2. The molecule has 0 amide bonds. The number of carbonyl (C=O) groups excluding carboxylic acids is 1. The number of nitrogens with zero attached hydrogens (tertiary/aromatic N) is 3. The molecule has 19 heavy (non-hydrogen) atoms. The van der Waals surface area contributed by atoms with Crippen molar-refractivity contribution < 1.29 is 9.53 Å². The Labute approximate surface area is 119 Å². The minimum Gasteiger partial charge on any atom is -0.468 e. The highest BCUT2D eigenvalue weighted by atomic mass is 35.5. The lowest BCUT2D eigenvalue weighted by atomic mass is 10.4. The molecular formula is C12H12ClN3O2S. The number of rotatable bonds is 5. The lowest BCUT2D eigenvalue weighted by Crippen LogP contribution is -2.30. The summed E-state index contributed by atoms with van der Waals surface area (Å²) in [6.45, 7) is 0.638. The first-order valence-electron chi connectivity index (χ1n) is 5.52. The number of halogens is 1. The Balaban J connectivity index is 2.17. The van der Waals surface area contributed by atoms with E-state index in [-0.39, 0.29) is 12.5 Å². The average molecular weight is 298 g/mol. The first kappa shape index (κ1) is 13.8. The third kappa shape index (κ3) is 3.90. The van der Waals surface area contributed by atoms with Crippen molar-refractivity contribution in [1.29, 1.82) is 0 Å².